The van der Waals surface area contributed by atoms with Crippen molar-refractivity contribution < 1.29 is 9.53 Å². The van der Waals surface area contributed by atoms with Crippen molar-refractivity contribution >= 4 is 11.6 Å². The highest BCUT2D eigenvalue weighted by molar-refractivity contribution is 5.81. The summed E-state index contributed by atoms with van der Waals surface area (Å²) in [5, 5.41) is 0. The Kier molecular flexibility index (Phi) is 3.92. The molecule has 0 N–H and O–H groups in total. The topological polar surface area (TPSA) is 32.8 Å². The van der Waals surface area contributed by atoms with E-state index in [1.54, 1.807) is 0 Å². The number of piperazine rings is 1. The summed E-state index contributed by atoms with van der Waals surface area (Å²) in [5.74, 6) is 0.182. The molecule has 2 unspecified atom stereocenters. The van der Waals surface area contributed by atoms with Crippen molar-refractivity contribution in [3.05, 3.63) is 30.3 Å². The number of anilines is 1. The number of ether oxygens (including phenoxy) is 1. The summed E-state index contributed by atoms with van der Waals surface area (Å²) in [6, 6.07) is 10.8. The van der Waals surface area contributed by atoms with E-state index < -0.39 is 0 Å². The number of hydrogen-bond acceptors (Lipinski definition) is 3. The Labute approximate surface area is 120 Å². The van der Waals surface area contributed by atoms with Gasteiger partial charge in [-0.15, -0.1) is 0 Å². The number of amides is 1. The predicted molar refractivity (Wildman–Crippen MR) is 78.8 cm³/mol. The molecule has 3 rings (SSSR count). The molecule has 0 aliphatic carbocycles. The molecule has 1 aromatic rings. The predicted octanol–water partition coefficient (Wildman–Crippen LogP) is 1.90. The first-order chi connectivity index (χ1) is 9.75. The molecular weight excluding hydrogens is 252 g/mol. The van der Waals surface area contributed by atoms with E-state index in [1.165, 1.54) is 5.69 Å². The van der Waals surface area contributed by atoms with Gasteiger partial charge in [0.25, 0.3) is 5.91 Å². The average molecular weight is 274 g/mol. The summed E-state index contributed by atoms with van der Waals surface area (Å²) in [7, 11) is 0. The largest absolute Gasteiger partial charge is 0.368 e. The third-order valence-electron chi connectivity index (χ3n) is 4.23. The Hall–Kier alpha value is -1.55. The molecular formula is C16H22N2O2. The lowest BCUT2D eigenvalue weighted by atomic mass is 10.1. The highest BCUT2D eigenvalue weighted by Gasteiger charge is 2.32. The van der Waals surface area contributed by atoms with E-state index in [1.807, 2.05) is 11.0 Å². The summed E-state index contributed by atoms with van der Waals surface area (Å²) in [6.07, 6.45) is 1.70. The Morgan fingerprint density at radius 3 is 2.70 bits per heavy atom. The molecule has 4 heteroatoms. The lowest BCUT2D eigenvalue weighted by Gasteiger charge is -2.41. The van der Waals surface area contributed by atoms with Gasteiger partial charge < -0.3 is 14.5 Å². The number of benzene rings is 1. The van der Waals surface area contributed by atoms with Gasteiger partial charge in [-0.25, -0.2) is 0 Å². The van der Waals surface area contributed by atoms with Crippen LogP contribution in [0.1, 0.15) is 19.8 Å². The van der Waals surface area contributed by atoms with Crippen LogP contribution in [0.25, 0.3) is 0 Å². The molecule has 0 spiro atoms. The number of rotatable bonds is 2. The Bertz CT molecular complexity index is 457. The molecule has 2 saturated heterocycles. The van der Waals surface area contributed by atoms with Gasteiger partial charge in [0, 0.05) is 38.0 Å². The van der Waals surface area contributed by atoms with Crippen LogP contribution in [0.3, 0.4) is 0 Å². The van der Waals surface area contributed by atoms with E-state index in [4.69, 9.17) is 4.74 Å². The van der Waals surface area contributed by atoms with Gasteiger partial charge in [0.2, 0.25) is 0 Å². The van der Waals surface area contributed by atoms with Gasteiger partial charge in [-0.2, -0.15) is 0 Å². The normalized spacial score (nSPS) is 26.9. The first kappa shape index (κ1) is 13.4. The number of hydrogen-bond donors (Lipinski definition) is 0. The number of para-hydroxylation sites is 1. The second-order valence-corrected chi connectivity index (χ2v) is 5.66. The van der Waals surface area contributed by atoms with E-state index in [9.17, 15) is 4.79 Å². The first-order valence-electron chi connectivity index (χ1n) is 7.48. The molecule has 0 saturated carbocycles. The zero-order valence-corrected chi connectivity index (χ0v) is 12.0. The zero-order valence-electron chi connectivity index (χ0n) is 12.0. The summed E-state index contributed by atoms with van der Waals surface area (Å²) >= 11 is 0. The smallest absolute Gasteiger partial charge is 0.251 e. The highest BCUT2D eigenvalue weighted by Crippen LogP contribution is 2.22. The second kappa shape index (κ2) is 5.83. The summed E-state index contributed by atoms with van der Waals surface area (Å²) in [5.41, 5.74) is 1.24. The monoisotopic (exact) mass is 274 g/mol. The second-order valence-electron chi connectivity index (χ2n) is 5.66. The minimum atomic E-state index is -0.189. The van der Waals surface area contributed by atoms with Crippen LogP contribution in [-0.4, -0.2) is 49.2 Å². The average Bonchev–Trinajstić information content (AvgIpc) is 3.01. The lowest BCUT2D eigenvalue weighted by Crippen LogP contribution is -2.55. The Morgan fingerprint density at radius 1 is 1.25 bits per heavy atom. The highest BCUT2D eigenvalue weighted by atomic mass is 16.5. The van der Waals surface area contributed by atoms with Crippen LogP contribution in [-0.2, 0) is 9.53 Å². The van der Waals surface area contributed by atoms with Gasteiger partial charge in [0.1, 0.15) is 6.10 Å². The molecule has 2 atom stereocenters. The van der Waals surface area contributed by atoms with E-state index in [0.717, 1.165) is 39.1 Å². The SMILES string of the molecule is CC1CN(C(=O)C2CCCO2)CCN1c1ccccc1. The van der Waals surface area contributed by atoms with E-state index in [0.29, 0.717) is 6.04 Å². The Morgan fingerprint density at radius 2 is 2.05 bits per heavy atom. The fraction of sp³-hybridized carbons (Fsp3) is 0.562. The molecule has 0 bridgehead atoms. The van der Waals surface area contributed by atoms with Crippen LogP contribution in [0.4, 0.5) is 5.69 Å². The van der Waals surface area contributed by atoms with E-state index in [2.05, 4.69) is 36.1 Å². The van der Waals surface area contributed by atoms with Crippen LogP contribution >= 0.6 is 0 Å². The minimum Gasteiger partial charge on any atom is -0.368 e. The van der Waals surface area contributed by atoms with Gasteiger partial charge in [0.05, 0.1) is 0 Å². The van der Waals surface area contributed by atoms with E-state index in [-0.39, 0.29) is 12.0 Å². The van der Waals surface area contributed by atoms with Crippen LogP contribution in [0.5, 0.6) is 0 Å². The van der Waals surface area contributed by atoms with Gasteiger partial charge in [-0.1, -0.05) is 18.2 Å². The fourth-order valence-electron chi connectivity index (χ4n) is 3.14. The van der Waals surface area contributed by atoms with Crippen molar-refractivity contribution in [2.45, 2.75) is 31.9 Å². The van der Waals surface area contributed by atoms with Crippen molar-refractivity contribution in [2.24, 2.45) is 0 Å². The van der Waals surface area contributed by atoms with Gasteiger partial charge in [-0.05, 0) is 31.9 Å². The molecule has 0 radical (unpaired) electrons. The number of nitrogens with zero attached hydrogens (tertiary/aromatic N) is 2. The zero-order chi connectivity index (χ0) is 13.9. The summed E-state index contributed by atoms with van der Waals surface area (Å²) in [4.78, 5) is 16.7. The molecule has 2 fully saturated rings. The first-order valence-corrected chi connectivity index (χ1v) is 7.48. The van der Waals surface area contributed by atoms with Gasteiger partial charge in [-0.3, -0.25) is 4.79 Å². The molecule has 1 aromatic carbocycles. The number of carbonyl (C=O) groups excluding carboxylic acids is 1. The maximum absolute atomic E-state index is 12.4. The van der Waals surface area contributed by atoms with Gasteiger partial charge in [0.15, 0.2) is 0 Å². The van der Waals surface area contributed by atoms with E-state index >= 15 is 0 Å². The molecule has 2 heterocycles. The van der Waals surface area contributed by atoms with Crippen LogP contribution in [0, 0.1) is 0 Å². The lowest BCUT2D eigenvalue weighted by molar-refractivity contribution is -0.141. The van der Waals surface area contributed by atoms with Crippen molar-refractivity contribution in [3.63, 3.8) is 0 Å². The Balaban J connectivity index is 1.63. The molecule has 2 aliphatic heterocycles. The molecule has 108 valence electrons. The van der Waals surface area contributed by atoms with Crippen LogP contribution in [0.2, 0.25) is 0 Å². The van der Waals surface area contributed by atoms with Crippen molar-refractivity contribution in [3.8, 4) is 0 Å². The summed E-state index contributed by atoms with van der Waals surface area (Å²) in [6.45, 7) is 5.38. The van der Waals surface area contributed by atoms with Gasteiger partial charge >= 0.3 is 0 Å². The minimum absolute atomic E-state index is 0.182. The summed E-state index contributed by atoms with van der Waals surface area (Å²) < 4.78 is 5.51. The maximum atomic E-state index is 12.4. The molecule has 1 amide bonds. The molecule has 4 nitrogen and oxygen atoms in total. The van der Waals surface area contributed by atoms with Crippen molar-refractivity contribution in [2.75, 3.05) is 31.1 Å². The van der Waals surface area contributed by atoms with Crippen LogP contribution < -0.4 is 4.90 Å². The number of carbonyl (C=O) groups is 1. The quantitative estimate of drug-likeness (QED) is 0.826. The third-order valence-corrected chi connectivity index (χ3v) is 4.23. The fourth-order valence-corrected chi connectivity index (χ4v) is 3.14. The molecule has 0 aromatic heterocycles. The van der Waals surface area contributed by atoms with Crippen molar-refractivity contribution in [1.82, 2.24) is 4.90 Å². The standard InChI is InChI=1S/C16H22N2O2/c1-13-12-17(16(19)15-8-5-11-20-15)9-10-18(13)14-6-3-2-4-7-14/h2-4,6-7,13,15H,5,8-12H2,1H3. The van der Waals surface area contributed by atoms with Crippen LogP contribution in [0.15, 0.2) is 30.3 Å². The van der Waals surface area contributed by atoms with Crippen molar-refractivity contribution in [1.29, 1.82) is 0 Å². The third kappa shape index (κ3) is 2.66. The molecule has 20 heavy (non-hydrogen) atoms. The molecule has 2 aliphatic rings. The maximum Gasteiger partial charge on any atom is 0.251 e.